The van der Waals surface area contributed by atoms with Crippen molar-refractivity contribution >= 4 is 46.3 Å². The van der Waals surface area contributed by atoms with Gasteiger partial charge in [0.05, 0.1) is 4.91 Å². The molecular formula is C14H14N2O4S2. The van der Waals surface area contributed by atoms with E-state index >= 15 is 0 Å². The molecule has 0 radical (unpaired) electrons. The number of benzene rings is 1. The van der Waals surface area contributed by atoms with E-state index in [1.165, 1.54) is 0 Å². The van der Waals surface area contributed by atoms with Gasteiger partial charge in [0, 0.05) is 5.56 Å². The van der Waals surface area contributed by atoms with E-state index in [9.17, 15) is 9.59 Å². The van der Waals surface area contributed by atoms with E-state index in [0.717, 1.165) is 16.8 Å². The number of hydrogen-bond donors (Lipinski definition) is 2. The molecule has 1 aliphatic heterocycles. The molecule has 0 spiro atoms. The summed E-state index contributed by atoms with van der Waals surface area (Å²) in [7, 11) is 0. The average molecular weight is 338 g/mol. The van der Waals surface area contributed by atoms with Gasteiger partial charge in [-0.3, -0.25) is 4.79 Å². The molecule has 3 N–H and O–H groups in total. The van der Waals surface area contributed by atoms with Crippen LogP contribution in [0.5, 0.6) is 5.75 Å². The minimum absolute atomic E-state index is 0.270. The van der Waals surface area contributed by atoms with Gasteiger partial charge in [-0.1, -0.05) is 49.1 Å². The highest BCUT2D eigenvalue weighted by atomic mass is 32.2. The summed E-state index contributed by atoms with van der Waals surface area (Å²) in [5.41, 5.74) is 0.594. The topological polar surface area (TPSA) is 92.9 Å². The minimum Gasteiger partial charge on any atom is -0.479 e. The van der Waals surface area contributed by atoms with Crippen LogP contribution in [-0.2, 0) is 9.59 Å². The number of carbonyl (C=O) groups is 2. The number of aliphatic carboxylic acids is 1. The molecule has 1 fully saturated rings. The first-order valence-electron chi connectivity index (χ1n) is 6.45. The fourth-order valence-corrected chi connectivity index (χ4v) is 2.88. The van der Waals surface area contributed by atoms with Crippen molar-refractivity contribution in [3.8, 4) is 5.75 Å². The number of thiocarbonyl (C=S) groups is 1. The fourth-order valence-electron chi connectivity index (χ4n) is 1.79. The number of carboxylic acid groups (broad SMARTS) is 1. The third-order valence-electron chi connectivity index (χ3n) is 2.94. The molecular weight excluding hydrogens is 324 g/mol. The van der Waals surface area contributed by atoms with Crippen molar-refractivity contribution in [2.24, 2.45) is 5.84 Å². The Kier molecular flexibility index (Phi) is 5.17. The van der Waals surface area contributed by atoms with Crippen LogP contribution in [0.1, 0.15) is 18.9 Å². The van der Waals surface area contributed by atoms with E-state index in [1.807, 2.05) is 0 Å². The number of hydrogen-bond acceptors (Lipinski definition) is 6. The van der Waals surface area contributed by atoms with Gasteiger partial charge in [-0.15, -0.1) is 0 Å². The Morgan fingerprint density at radius 1 is 1.55 bits per heavy atom. The van der Waals surface area contributed by atoms with Gasteiger partial charge in [0.15, 0.2) is 10.4 Å². The molecule has 1 amide bonds. The molecule has 1 aromatic carbocycles. The van der Waals surface area contributed by atoms with E-state index in [1.54, 1.807) is 37.3 Å². The first-order chi connectivity index (χ1) is 10.4. The van der Waals surface area contributed by atoms with Crippen LogP contribution in [-0.4, -0.2) is 32.4 Å². The Morgan fingerprint density at radius 3 is 2.77 bits per heavy atom. The Bertz CT molecular complexity index is 660. The predicted molar refractivity (Wildman–Crippen MR) is 88.0 cm³/mol. The number of nitrogens with two attached hydrogens (primary N) is 1. The van der Waals surface area contributed by atoms with Crippen LogP contribution in [0.2, 0.25) is 0 Å². The lowest BCUT2D eigenvalue weighted by Crippen LogP contribution is -2.34. The van der Waals surface area contributed by atoms with Crippen molar-refractivity contribution in [3.05, 3.63) is 34.7 Å². The number of nitrogens with zero attached hydrogens (tertiary/aromatic N) is 1. The molecule has 1 saturated heterocycles. The van der Waals surface area contributed by atoms with E-state index in [2.05, 4.69) is 0 Å². The van der Waals surface area contributed by atoms with Crippen LogP contribution in [0.25, 0.3) is 6.08 Å². The maximum atomic E-state index is 11.9. The largest absolute Gasteiger partial charge is 0.479 e. The average Bonchev–Trinajstić information content (AvgIpc) is 2.73. The molecule has 1 heterocycles. The number of rotatable bonds is 5. The van der Waals surface area contributed by atoms with Gasteiger partial charge in [0.25, 0.3) is 5.91 Å². The normalized spacial score (nSPS) is 17.9. The van der Waals surface area contributed by atoms with E-state index < -0.39 is 18.0 Å². The molecule has 116 valence electrons. The summed E-state index contributed by atoms with van der Waals surface area (Å²) in [5, 5.41) is 9.99. The number of hydrazine groups is 1. The summed E-state index contributed by atoms with van der Waals surface area (Å²) in [6.07, 6.45) is 0.976. The zero-order valence-electron chi connectivity index (χ0n) is 11.7. The summed E-state index contributed by atoms with van der Waals surface area (Å²) >= 11 is 6.05. The molecule has 0 bridgehead atoms. The molecule has 8 heteroatoms. The van der Waals surface area contributed by atoms with Gasteiger partial charge in [-0.25, -0.2) is 15.6 Å². The van der Waals surface area contributed by atoms with Crippen LogP contribution in [0.4, 0.5) is 0 Å². The molecule has 0 aromatic heterocycles. The minimum atomic E-state index is -1.04. The summed E-state index contributed by atoms with van der Waals surface area (Å²) in [4.78, 5) is 23.4. The number of thioether (sulfide) groups is 1. The highest BCUT2D eigenvalue weighted by Crippen LogP contribution is 2.32. The van der Waals surface area contributed by atoms with Gasteiger partial charge < -0.3 is 9.84 Å². The van der Waals surface area contributed by atoms with Crippen molar-refractivity contribution in [2.45, 2.75) is 19.4 Å². The first-order valence-corrected chi connectivity index (χ1v) is 7.67. The van der Waals surface area contributed by atoms with Crippen molar-refractivity contribution in [2.75, 3.05) is 0 Å². The summed E-state index contributed by atoms with van der Waals surface area (Å²) < 4.78 is 5.78. The van der Waals surface area contributed by atoms with Crippen LogP contribution in [0.3, 0.4) is 0 Å². The number of ether oxygens (including phenoxy) is 1. The molecule has 1 aliphatic rings. The van der Waals surface area contributed by atoms with Crippen LogP contribution in [0.15, 0.2) is 29.2 Å². The van der Waals surface area contributed by atoms with E-state index in [4.69, 9.17) is 27.9 Å². The highest BCUT2D eigenvalue weighted by molar-refractivity contribution is 8.26. The maximum Gasteiger partial charge on any atom is 0.344 e. The maximum absolute atomic E-state index is 11.9. The number of carbonyl (C=O) groups excluding carboxylic acids is 1. The molecule has 1 aromatic rings. The fraction of sp³-hybridized carbons (Fsp3) is 0.214. The molecule has 1 atom stereocenters. The third-order valence-corrected chi connectivity index (χ3v) is 4.28. The van der Waals surface area contributed by atoms with Crippen molar-refractivity contribution < 1.29 is 19.4 Å². The number of carboxylic acids is 1. The van der Waals surface area contributed by atoms with Crippen LogP contribution >= 0.6 is 24.0 Å². The second kappa shape index (κ2) is 6.91. The number of para-hydroxylation sites is 1. The standard InChI is InChI=1S/C14H14N2O4S2/c1-2-9(13(18)19)20-10-6-4-3-5-8(10)7-11-12(17)16(15)14(21)22-11/h3-7,9H,2,15H2,1H3,(H,18,19)/b11-7-. The molecule has 0 aliphatic carbocycles. The number of amides is 1. The van der Waals surface area contributed by atoms with Gasteiger partial charge in [-0.05, 0) is 18.6 Å². The van der Waals surface area contributed by atoms with Gasteiger partial charge >= 0.3 is 5.97 Å². The van der Waals surface area contributed by atoms with Crippen molar-refractivity contribution in [3.63, 3.8) is 0 Å². The lowest BCUT2D eigenvalue weighted by Gasteiger charge is -2.15. The summed E-state index contributed by atoms with van der Waals surface area (Å²) in [6.45, 7) is 1.72. The Balaban J connectivity index is 2.31. The SMILES string of the molecule is CCC(Oc1ccccc1/C=C1\SC(=S)N(N)C1=O)C(=O)O. The molecule has 22 heavy (non-hydrogen) atoms. The lowest BCUT2D eigenvalue weighted by atomic mass is 10.1. The molecule has 0 saturated carbocycles. The quantitative estimate of drug-likeness (QED) is 0.367. The zero-order chi connectivity index (χ0) is 16.3. The summed E-state index contributed by atoms with van der Waals surface area (Å²) in [5.74, 6) is 4.48. The lowest BCUT2D eigenvalue weighted by molar-refractivity contribution is -0.145. The Hall–Kier alpha value is -1.90. The van der Waals surface area contributed by atoms with E-state index in [0.29, 0.717) is 22.6 Å². The van der Waals surface area contributed by atoms with Gasteiger partial charge in [0.2, 0.25) is 0 Å². The molecule has 1 unspecified atom stereocenters. The monoisotopic (exact) mass is 338 g/mol. The Labute approximate surface area is 136 Å². The van der Waals surface area contributed by atoms with Crippen molar-refractivity contribution in [1.29, 1.82) is 0 Å². The van der Waals surface area contributed by atoms with Crippen LogP contribution in [0, 0.1) is 0 Å². The predicted octanol–water partition coefficient (Wildman–Crippen LogP) is 2.00. The van der Waals surface area contributed by atoms with Gasteiger partial charge in [0.1, 0.15) is 5.75 Å². The zero-order valence-corrected chi connectivity index (χ0v) is 13.3. The smallest absolute Gasteiger partial charge is 0.344 e. The van der Waals surface area contributed by atoms with Crippen LogP contribution < -0.4 is 10.6 Å². The molecule has 6 nitrogen and oxygen atoms in total. The van der Waals surface area contributed by atoms with Crippen molar-refractivity contribution in [1.82, 2.24) is 5.01 Å². The second-order valence-corrected chi connectivity index (χ2v) is 6.12. The summed E-state index contributed by atoms with van der Waals surface area (Å²) in [6, 6.07) is 6.88. The second-order valence-electron chi connectivity index (χ2n) is 4.44. The Morgan fingerprint density at radius 2 is 2.23 bits per heavy atom. The first kappa shape index (κ1) is 16.5. The van der Waals surface area contributed by atoms with E-state index in [-0.39, 0.29) is 4.32 Å². The highest BCUT2D eigenvalue weighted by Gasteiger charge is 2.30. The third kappa shape index (κ3) is 3.46. The van der Waals surface area contributed by atoms with Gasteiger partial charge in [-0.2, -0.15) is 0 Å². The molecule has 2 rings (SSSR count).